The summed E-state index contributed by atoms with van der Waals surface area (Å²) in [6.45, 7) is 4.47. The first-order valence-corrected chi connectivity index (χ1v) is 14.4. The van der Waals surface area contributed by atoms with Crippen LogP contribution in [0, 0.1) is 5.92 Å². The summed E-state index contributed by atoms with van der Waals surface area (Å²) in [6, 6.07) is 11.0. The summed E-state index contributed by atoms with van der Waals surface area (Å²) in [5, 5.41) is 15.2. The van der Waals surface area contributed by atoms with Crippen LogP contribution in [-0.4, -0.2) is 78.9 Å². The lowest BCUT2D eigenvalue weighted by Gasteiger charge is -2.30. The number of nitrogens with zero attached hydrogens (tertiary/aromatic N) is 7. The van der Waals surface area contributed by atoms with Crippen molar-refractivity contribution in [1.29, 1.82) is 0 Å². The zero-order valence-corrected chi connectivity index (χ0v) is 23.0. The van der Waals surface area contributed by atoms with Crippen molar-refractivity contribution in [2.24, 2.45) is 13.0 Å². The number of pyridine rings is 1. The van der Waals surface area contributed by atoms with E-state index in [-0.39, 0.29) is 11.8 Å². The molecule has 206 valence electrons. The van der Waals surface area contributed by atoms with E-state index in [9.17, 15) is 9.59 Å². The number of amides is 2. The molecule has 0 spiro atoms. The van der Waals surface area contributed by atoms with Crippen LogP contribution in [0.4, 0.5) is 10.5 Å². The van der Waals surface area contributed by atoms with Gasteiger partial charge in [-0.1, -0.05) is 30.3 Å². The molecule has 39 heavy (non-hydrogen) atoms. The second kappa shape index (κ2) is 13.0. The highest BCUT2D eigenvalue weighted by Gasteiger charge is 2.25. The minimum absolute atomic E-state index is 0.201. The van der Waals surface area contributed by atoms with Gasteiger partial charge in [-0.3, -0.25) is 9.69 Å². The van der Waals surface area contributed by atoms with Crippen LogP contribution < -0.4 is 10.1 Å². The van der Waals surface area contributed by atoms with Gasteiger partial charge in [-0.2, -0.15) is 0 Å². The maximum atomic E-state index is 12.7. The molecule has 11 nitrogen and oxygen atoms in total. The van der Waals surface area contributed by atoms with Crippen LogP contribution in [0.3, 0.4) is 0 Å². The Morgan fingerprint density at radius 2 is 1.79 bits per heavy atom. The molecule has 0 bridgehead atoms. The van der Waals surface area contributed by atoms with E-state index < -0.39 is 6.09 Å². The first kappa shape index (κ1) is 27.1. The van der Waals surface area contributed by atoms with Crippen LogP contribution >= 0.6 is 11.8 Å². The predicted octanol–water partition coefficient (Wildman–Crippen LogP) is 3.85. The van der Waals surface area contributed by atoms with Gasteiger partial charge in [0.05, 0.1) is 11.9 Å². The van der Waals surface area contributed by atoms with E-state index in [1.54, 1.807) is 33.5 Å². The van der Waals surface area contributed by atoms with Crippen molar-refractivity contribution in [3.05, 3.63) is 53.7 Å². The van der Waals surface area contributed by atoms with E-state index in [2.05, 4.69) is 30.7 Å². The van der Waals surface area contributed by atoms with Crippen molar-refractivity contribution in [1.82, 2.24) is 35.0 Å². The normalized spacial score (nSPS) is 16.7. The Balaban J connectivity index is 1.04. The third-order valence-electron chi connectivity index (χ3n) is 7.16. The van der Waals surface area contributed by atoms with Gasteiger partial charge in [0.2, 0.25) is 11.0 Å². The van der Waals surface area contributed by atoms with Crippen LogP contribution in [0.1, 0.15) is 48.0 Å². The van der Waals surface area contributed by atoms with Crippen molar-refractivity contribution in [2.75, 3.05) is 37.2 Å². The molecule has 0 radical (unpaired) electrons. The summed E-state index contributed by atoms with van der Waals surface area (Å²) in [4.78, 5) is 33.7. The van der Waals surface area contributed by atoms with E-state index in [1.165, 1.54) is 31.0 Å². The van der Waals surface area contributed by atoms with Crippen molar-refractivity contribution in [3.63, 3.8) is 0 Å². The van der Waals surface area contributed by atoms with Crippen LogP contribution in [-0.2, 0) is 13.6 Å². The second-order valence-corrected chi connectivity index (χ2v) is 11.1. The molecule has 1 aromatic carbocycles. The Hall–Kier alpha value is -3.51. The number of carbonyl (C=O) groups is 2. The molecule has 0 atom stereocenters. The van der Waals surface area contributed by atoms with Crippen molar-refractivity contribution < 1.29 is 14.3 Å². The number of carbonyl (C=O) groups excluding carboxylic acids is 2. The van der Waals surface area contributed by atoms with Gasteiger partial charge in [-0.15, -0.1) is 5.10 Å². The average molecular weight is 551 g/mol. The molecule has 5 rings (SSSR count). The molecule has 2 aromatic heterocycles. The van der Waals surface area contributed by atoms with Gasteiger partial charge < -0.3 is 15.0 Å². The van der Waals surface area contributed by atoms with Crippen molar-refractivity contribution in [3.8, 4) is 5.88 Å². The molecular weight excluding hydrogens is 516 g/mol. The fourth-order valence-electron chi connectivity index (χ4n) is 4.83. The quantitative estimate of drug-likeness (QED) is 0.417. The predicted molar refractivity (Wildman–Crippen MR) is 148 cm³/mol. The second-order valence-electron chi connectivity index (χ2n) is 10.1. The fourth-order valence-corrected chi connectivity index (χ4v) is 5.86. The molecule has 0 saturated carbocycles. The van der Waals surface area contributed by atoms with Crippen LogP contribution in [0.25, 0.3) is 0 Å². The van der Waals surface area contributed by atoms with E-state index in [4.69, 9.17) is 4.74 Å². The Bertz CT molecular complexity index is 1240. The molecule has 2 aliphatic rings. The molecule has 2 aliphatic heterocycles. The molecular formula is C27H34N8O3S. The minimum atomic E-state index is -0.410. The number of benzene rings is 1. The Labute approximate surface area is 232 Å². The lowest BCUT2D eigenvalue weighted by atomic mass is 9.99. The third-order valence-corrected chi connectivity index (χ3v) is 8.40. The highest BCUT2D eigenvalue weighted by atomic mass is 32.2. The van der Waals surface area contributed by atoms with Crippen LogP contribution in [0.15, 0.2) is 47.8 Å². The van der Waals surface area contributed by atoms with Gasteiger partial charge in [0.25, 0.3) is 5.91 Å². The lowest BCUT2D eigenvalue weighted by molar-refractivity contribution is 0.102. The highest BCUT2D eigenvalue weighted by molar-refractivity contribution is 7.99. The summed E-state index contributed by atoms with van der Waals surface area (Å²) < 4.78 is 7.13. The molecule has 0 unspecified atom stereocenters. The number of aryl methyl sites for hydroxylation is 1. The number of ether oxygens (including phenoxy) is 1. The molecule has 12 heteroatoms. The van der Waals surface area contributed by atoms with Gasteiger partial charge in [0, 0.05) is 44.1 Å². The molecule has 3 aromatic rings. The number of thioether (sulfide) groups is 1. The number of tetrazole rings is 1. The highest BCUT2D eigenvalue weighted by Crippen LogP contribution is 2.25. The van der Waals surface area contributed by atoms with Gasteiger partial charge in [0.15, 0.2) is 0 Å². The average Bonchev–Trinajstić information content (AvgIpc) is 3.38. The largest absolute Gasteiger partial charge is 0.416 e. The number of likely N-dealkylation sites (tertiary alicyclic amines) is 2. The third kappa shape index (κ3) is 7.54. The molecule has 1 N–H and O–H groups in total. The van der Waals surface area contributed by atoms with E-state index in [0.29, 0.717) is 30.3 Å². The molecule has 2 saturated heterocycles. The van der Waals surface area contributed by atoms with Gasteiger partial charge in [-0.25, -0.2) is 14.5 Å². The fraction of sp³-hybridized carbons (Fsp3) is 0.481. The topological polar surface area (TPSA) is 118 Å². The number of hydrogen-bond donors (Lipinski definition) is 1. The molecule has 4 heterocycles. The SMILES string of the molecule is Cn1nnnc1SCC1CCN(C(=O)Oc2ccc(NC(=O)c3ccc(CN4CCCCC4)cc3)cn2)CC1. The zero-order valence-electron chi connectivity index (χ0n) is 22.2. The standard InChI is InChI=1S/C27H34N8O3S/c1-33-26(30-31-32-33)39-19-21-11-15-35(16-12-21)27(37)38-24-10-9-23(17-28-24)29-25(36)22-7-5-20(6-8-22)18-34-13-3-2-4-14-34/h5-10,17,21H,2-4,11-16,18-19H2,1H3,(H,29,36). The number of rotatable bonds is 8. The maximum absolute atomic E-state index is 12.7. The number of aromatic nitrogens is 5. The maximum Gasteiger partial charge on any atom is 0.416 e. The van der Waals surface area contributed by atoms with Gasteiger partial charge >= 0.3 is 6.09 Å². The smallest absolute Gasteiger partial charge is 0.391 e. The van der Waals surface area contributed by atoms with Gasteiger partial charge in [0.1, 0.15) is 0 Å². The van der Waals surface area contributed by atoms with E-state index >= 15 is 0 Å². The Morgan fingerprint density at radius 1 is 1.03 bits per heavy atom. The van der Waals surface area contributed by atoms with Crippen molar-refractivity contribution in [2.45, 2.75) is 43.8 Å². The number of nitrogens with one attached hydrogen (secondary N) is 1. The van der Waals surface area contributed by atoms with Crippen LogP contribution in [0.5, 0.6) is 5.88 Å². The molecule has 2 fully saturated rings. The summed E-state index contributed by atoms with van der Waals surface area (Å²) >= 11 is 1.63. The van der Waals surface area contributed by atoms with E-state index in [1.807, 2.05) is 31.3 Å². The van der Waals surface area contributed by atoms with Crippen LogP contribution in [0.2, 0.25) is 0 Å². The molecule has 2 amide bonds. The summed E-state index contributed by atoms with van der Waals surface area (Å²) in [5.41, 5.74) is 2.33. The number of anilines is 1. The summed E-state index contributed by atoms with van der Waals surface area (Å²) in [5.74, 6) is 1.40. The van der Waals surface area contributed by atoms with Crippen molar-refractivity contribution >= 4 is 29.4 Å². The number of piperidine rings is 2. The minimum Gasteiger partial charge on any atom is -0.391 e. The monoisotopic (exact) mass is 550 g/mol. The van der Waals surface area contributed by atoms with Gasteiger partial charge in [-0.05, 0) is 78.9 Å². The van der Waals surface area contributed by atoms with E-state index in [0.717, 1.165) is 43.4 Å². The molecule has 0 aliphatic carbocycles. The summed E-state index contributed by atoms with van der Waals surface area (Å²) in [6.07, 6.45) is 6.71. The Kier molecular flexibility index (Phi) is 9.04. The zero-order chi connectivity index (χ0) is 27.0. The number of hydrogen-bond acceptors (Lipinski definition) is 9. The first-order chi connectivity index (χ1) is 19.0. The Morgan fingerprint density at radius 3 is 2.46 bits per heavy atom. The lowest BCUT2D eigenvalue weighted by Crippen LogP contribution is -2.40. The summed E-state index contributed by atoms with van der Waals surface area (Å²) in [7, 11) is 1.82. The first-order valence-electron chi connectivity index (χ1n) is 13.4.